The van der Waals surface area contributed by atoms with Gasteiger partial charge in [-0.25, -0.2) is 49.0 Å². The highest BCUT2D eigenvalue weighted by molar-refractivity contribution is 7.52. The Morgan fingerprint density at radius 1 is 0.558 bits per heavy atom. The van der Waals surface area contributed by atoms with Crippen LogP contribution in [0.3, 0.4) is 0 Å². The Morgan fingerprint density at radius 3 is 1.46 bits per heavy atom. The van der Waals surface area contributed by atoms with Gasteiger partial charge < -0.3 is 118 Å². The number of carbonyl (C=O) groups excluding carboxylic acids is 3. The molecule has 13 heterocycles. The average molecular weight is 1850 g/mol. The van der Waals surface area contributed by atoms with Gasteiger partial charge in [0.25, 0.3) is 16.7 Å². The number of H-pyrrole nitrogens is 6. The van der Waals surface area contributed by atoms with Crippen molar-refractivity contribution in [3.63, 3.8) is 0 Å². The molecule has 13 N–H and O–H groups in total. The van der Waals surface area contributed by atoms with Crippen molar-refractivity contribution in [3.8, 4) is 0 Å². The number of imidazole rings is 2. The zero-order chi connectivity index (χ0) is 93.2. The fourth-order valence-electron chi connectivity index (χ4n) is 13.5. The number of ether oxygens (including phenoxy) is 6. The molecule has 47 nitrogen and oxygen atoms in total. The Kier molecular flexibility index (Phi) is 33.9. The van der Waals surface area contributed by atoms with E-state index in [1.54, 1.807) is 49.6 Å². The summed E-state index contributed by atoms with van der Waals surface area (Å²) in [7, 11) is -12.3. The van der Waals surface area contributed by atoms with Gasteiger partial charge in [0.15, 0.2) is 29.2 Å². The molecule has 0 radical (unpaired) electrons. The molecule has 0 aromatic carbocycles. The Hall–Kier alpha value is -11.1. The number of aromatic nitrogens is 17. The Bertz CT molecular complexity index is 6020. The smallest absolute Gasteiger partial charge is 0.330 e. The summed E-state index contributed by atoms with van der Waals surface area (Å²) in [6, 6.07) is 0. The van der Waals surface area contributed by atoms with Gasteiger partial charge in [-0.2, -0.15) is 0 Å². The minimum absolute atomic E-state index is 0.0328. The number of nitrogens with two attached hydrogens (primary N) is 1. The predicted molar refractivity (Wildman–Crippen MR) is 467 cm³/mol. The number of nitrogens with one attached hydrogen (secondary N) is 11. The summed E-state index contributed by atoms with van der Waals surface area (Å²) >= 11 is 0. The van der Waals surface area contributed by atoms with Crippen LogP contribution < -0.4 is 79.6 Å². The molecule has 3 saturated heterocycles. The highest BCUT2D eigenvalue weighted by Gasteiger charge is 2.43. The summed E-state index contributed by atoms with van der Waals surface area (Å²) in [6.45, 7) is 21.2. The van der Waals surface area contributed by atoms with Crippen LogP contribution in [0.15, 0.2) is 97.4 Å². The van der Waals surface area contributed by atoms with Gasteiger partial charge in [-0.1, -0.05) is 46.5 Å². The minimum Gasteiger partial charge on any atom is -0.778 e. The molecule has 698 valence electrons. The third-order valence-electron chi connectivity index (χ3n) is 20.2. The first-order valence-corrected chi connectivity index (χ1v) is 46.6. The summed E-state index contributed by atoms with van der Waals surface area (Å²) in [6.07, 6.45) is 17.1. The molecule has 0 bridgehead atoms. The monoisotopic (exact) mass is 1850 g/mol. The lowest BCUT2D eigenvalue weighted by Gasteiger charge is -2.29. The summed E-state index contributed by atoms with van der Waals surface area (Å²) in [5, 5.41) is 15.0. The number of rotatable bonds is 39. The lowest BCUT2D eigenvalue weighted by molar-refractivity contribution is -0.740. The SMILES string of the molecule is CC(C)O[C@@H]1C[C@H]([n+]2cnc(N)c3c(/C=C/C(=O)NCCNc4ncnc5nc[nH]c45)c[nH]c32)O[C@@H]1COP(=O)([O-])C(C)C.CC(C)O[C@@H]1C[C@H](n2cc(/C=C/C(=O)NCCCc3nc4c(c(=O)[nH]3)N=CC4)c(=O)[nH]c2=O)O[C@@H]1COP(=O)([O-])C(C)C.CC(C)O[C@@H]1C[C@H](n2cc(/C=C/C(=O)NCCNc3ncnc4nc[nH]c34)c(=O)[nH]c2=O)O[C@@H]1COP(=O)([O-])C(C)C. The molecule has 50 heteroatoms. The third kappa shape index (κ3) is 26.6. The number of amides is 3. The maximum atomic E-state index is 12.7. The van der Waals surface area contributed by atoms with E-state index in [4.69, 9.17) is 47.7 Å². The van der Waals surface area contributed by atoms with Crippen molar-refractivity contribution >= 4 is 121 Å². The van der Waals surface area contributed by atoms with E-state index >= 15 is 0 Å². The summed E-state index contributed by atoms with van der Waals surface area (Å²) in [5.74, 6) is 0.705. The predicted octanol–water partition coefficient (Wildman–Crippen LogP) is 2.60. The van der Waals surface area contributed by atoms with Crippen LogP contribution in [0.25, 0.3) is 51.6 Å². The highest BCUT2D eigenvalue weighted by atomic mass is 31.2. The first-order valence-electron chi connectivity index (χ1n) is 41.8. The molecule has 13 rings (SSSR count). The number of anilines is 3. The highest BCUT2D eigenvalue weighted by Crippen LogP contribution is 2.47. The van der Waals surface area contributed by atoms with Crippen molar-refractivity contribution in [3.05, 3.63) is 149 Å². The van der Waals surface area contributed by atoms with Gasteiger partial charge in [-0.3, -0.25) is 57.8 Å². The standard InChI is InChI=1S/C27H37N10O6P.C27H37N6O9P.C25H35N8O8P/c1-15(2)42-18-9-21(43-19(18)11-41-44(39,40)16(3)4)37-14-36-24(28)22-17(10-31-27(22)37)5-6-20(38)29-7-8-30-25-23-26(33-12-32-23)35-13-34-25;1-15(2)41-19-12-23(42-20(19)14-40-43(38,39)16(3)4)33-13-17(25(35)32-27(33)37)7-8-22(34)28-10-5-6-21-30-18-9-11-29-24(18)26(36)31-21;1-14(2)40-17-9-20(41-18(17)11-39-42(37,38)15(3)4)33-10-16(24(35)32-25(33)36)5-6-19(34)26-7-8-27-22-21-23(29-12-28-21)31-13-30-22/h5-6,10,12-16,18-19,21H,7-9,11H2,1-4H3,(H6,28,29,30,31,32,33,34,35,38,39,40);7-8,11,13,15-16,19-20,23H,5-6,9-10,12,14H2,1-4H3,(H,28,34)(H,38,39)(H,30,31,36)(H,32,35,37);5-6,10,12-15,17-18,20H,7-9,11H2,1-4H3,(H,26,34)(H,37,38)(H,32,35,36)(H2,27,28,29,30,31)/p-2/b;8-7+;6-5+/t18-,19-,21-;19-,20-,23-;17-,18-,20-/m111/s1. The third-order valence-corrected chi connectivity index (χ3v) is 25.5. The molecule has 0 saturated carbocycles. The molecule has 0 aliphatic carbocycles. The van der Waals surface area contributed by atoms with Gasteiger partial charge in [0, 0.05) is 124 Å². The number of nitrogen functional groups attached to an aromatic ring is 1. The number of hydrogen-bond acceptors (Lipinski definition) is 35. The number of aromatic amines is 6. The fourth-order valence-corrected chi connectivity index (χ4v) is 15.5. The zero-order valence-electron chi connectivity index (χ0n) is 72.9. The van der Waals surface area contributed by atoms with Crippen molar-refractivity contribution in [2.24, 2.45) is 4.99 Å². The number of aryl methyl sites for hydroxylation is 1. The van der Waals surface area contributed by atoms with Crippen molar-refractivity contribution in [1.82, 2.24) is 94.9 Å². The second kappa shape index (κ2) is 44.5. The molecule has 9 aromatic heterocycles. The molecule has 3 unspecified atom stereocenters. The van der Waals surface area contributed by atoms with E-state index in [1.165, 1.54) is 98.6 Å². The molecular formula is C79H107N24O23P3-2. The largest absolute Gasteiger partial charge is 0.778 e. The van der Waals surface area contributed by atoms with Gasteiger partial charge in [-0.05, 0) is 66.2 Å². The maximum absolute atomic E-state index is 12.7. The van der Waals surface area contributed by atoms with Crippen LogP contribution >= 0.6 is 22.8 Å². The summed E-state index contributed by atoms with van der Waals surface area (Å²) < 4.78 is 92.4. The van der Waals surface area contributed by atoms with Crippen LogP contribution in [0, 0.1) is 0 Å². The normalized spacial score (nSPS) is 20.6. The second-order valence-electron chi connectivity index (χ2n) is 31.9. The van der Waals surface area contributed by atoms with Crippen LogP contribution in [0.5, 0.6) is 0 Å². The van der Waals surface area contributed by atoms with Gasteiger partial charge >= 0.3 is 11.4 Å². The lowest BCUT2D eigenvalue weighted by atomic mass is 10.1. The van der Waals surface area contributed by atoms with E-state index in [0.29, 0.717) is 120 Å². The zero-order valence-corrected chi connectivity index (χ0v) is 75.6. The molecule has 4 aliphatic rings. The van der Waals surface area contributed by atoms with Crippen LogP contribution in [-0.4, -0.2) is 227 Å². The molecule has 9 aromatic rings. The van der Waals surface area contributed by atoms with Crippen molar-refractivity contribution < 1.29 is 89.3 Å². The molecule has 3 amide bonds. The first-order chi connectivity index (χ1) is 61.3. The summed E-state index contributed by atoms with van der Waals surface area (Å²) in [4.78, 5) is 190. The van der Waals surface area contributed by atoms with E-state index in [2.05, 4.69) is 101 Å². The van der Waals surface area contributed by atoms with Crippen molar-refractivity contribution in [2.45, 2.75) is 212 Å². The molecule has 3 fully saturated rings. The second-order valence-corrected chi connectivity index (χ2v) is 39.0. The van der Waals surface area contributed by atoms with E-state index in [9.17, 15) is 66.7 Å². The Balaban J connectivity index is 0.000000187. The molecule has 129 heavy (non-hydrogen) atoms. The minimum atomic E-state index is -4.11. The van der Waals surface area contributed by atoms with E-state index < -0.39 is 129 Å². The number of fused-ring (bicyclic) bond motifs is 4. The van der Waals surface area contributed by atoms with Crippen LogP contribution in [0.4, 0.5) is 23.1 Å². The summed E-state index contributed by atoms with van der Waals surface area (Å²) in [5.41, 5.74) is 5.76. The average Bonchev–Trinajstić information content (AvgIpc) is 1.62. The van der Waals surface area contributed by atoms with E-state index in [0.717, 1.165) is 0 Å². The topological polar surface area (TPSA) is 650 Å². The first kappa shape index (κ1) is 98.5. The van der Waals surface area contributed by atoms with Crippen LogP contribution in [0.1, 0.15) is 156 Å². The Morgan fingerprint density at radius 2 is 1.00 bits per heavy atom. The van der Waals surface area contributed by atoms with Gasteiger partial charge in [0.05, 0.1) is 92.1 Å². The van der Waals surface area contributed by atoms with Crippen molar-refractivity contribution in [2.75, 3.05) is 68.9 Å². The van der Waals surface area contributed by atoms with Crippen LogP contribution in [-0.2, 0) is 82.9 Å². The quantitative estimate of drug-likeness (QED) is 0.0114. The fraction of sp³-hybridized carbons (Fsp3) is 0.519. The molecule has 0 spiro atoms. The van der Waals surface area contributed by atoms with Gasteiger partial charge in [0.1, 0.15) is 94.1 Å². The molecular weight excluding hydrogens is 1750 g/mol. The number of nitrogens with zero attached hydrogens (tertiary/aromatic N) is 12. The number of hydrogen-bond donors (Lipinski definition) is 12. The molecule has 12 atom stereocenters. The lowest BCUT2D eigenvalue weighted by Crippen LogP contribution is -2.41. The van der Waals surface area contributed by atoms with Gasteiger partial charge in [-0.15, -0.1) is 0 Å². The maximum Gasteiger partial charge on any atom is 0.330 e. The number of carbonyl (C=O) groups is 3. The molecule has 4 aliphatic heterocycles. The van der Waals surface area contributed by atoms with Crippen LogP contribution in [0.2, 0.25) is 0 Å². The van der Waals surface area contributed by atoms with Gasteiger partial charge in [0.2, 0.25) is 35.5 Å². The number of aliphatic imine (C=N–C) groups is 1. The Labute approximate surface area is 737 Å². The van der Waals surface area contributed by atoms with E-state index in [1.807, 2.05) is 41.5 Å². The van der Waals surface area contributed by atoms with E-state index in [-0.39, 0.29) is 85.9 Å². The van der Waals surface area contributed by atoms with Crippen molar-refractivity contribution in [1.29, 1.82) is 0 Å².